The van der Waals surface area contributed by atoms with Crippen molar-refractivity contribution >= 4 is 33.6 Å². The first-order valence-corrected chi connectivity index (χ1v) is 10.4. The van der Waals surface area contributed by atoms with Crippen LogP contribution in [-0.2, 0) is 4.79 Å². The molecule has 2 aromatic carbocycles. The largest absolute Gasteiger partial charge is 0.349 e. The summed E-state index contributed by atoms with van der Waals surface area (Å²) in [5.74, 6) is 0.523. The molecule has 1 N–H and O–H groups in total. The summed E-state index contributed by atoms with van der Waals surface area (Å²) in [7, 11) is 0. The molecule has 134 valence electrons. The number of hydrogen-bond donors (Lipinski definition) is 1. The third kappa shape index (κ3) is 5.11. The summed E-state index contributed by atoms with van der Waals surface area (Å²) in [6, 6.07) is 10.4. The Labute approximate surface area is 163 Å². The molecule has 0 aliphatic rings. The molecule has 0 aromatic heterocycles. The zero-order valence-electron chi connectivity index (χ0n) is 15.6. The van der Waals surface area contributed by atoms with E-state index in [0.29, 0.717) is 5.75 Å². The van der Waals surface area contributed by atoms with Crippen LogP contribution in [0.4, 0.5) is 0 Å². The molecular formula is C21H26BrNOS. The average molecular weight is 420 g/mol. The number of thioether (sulfide) groups is 1. The van der Waals surface area contributed by atoms with Crippen LogP contribution in [0.5, 0.6) is 0 Å². The van der Waals surface area contributed by atoms with Gasteiger partial charge in [-0.25, -0.2) is 0 Å². The van der Waals surface area contributed by atoms with E-state index in [9.17, 15) is 4.79 Å². The van der Waals surface area contributed by atoms with E-state index >= 15 is 0 Å². The first kappa shape index (κ1) is 20.1. The number of carbonyl (C=O) groups excluding carboxylic acids is 1. The van der Waals surface area contributed by atoms with Gasteiger partial charge in [0.25, 0.3) is 0 Å². The Morgan fingerprint density at radius 2 is 1.64 bits per heavy atom. The number of carbonyl (C=O) groups is 1. The topological polar surface area (TPSA) is 29.1 Å². The maximum Gasteiger partial charge on any atom is 0.230 e. The fraction of sp³-hybridized carbons (Fsp3) is 0.381. The van der Waals surface area contributed by atoms with E-state index in [1.807, 2.05) is 12.1 Å². The highest BCUT2D eigenvalue weighted by atomic mass is 79.9. The van der Waals surface area contributed by atoms with Gasteiger partial charge in [-0.05, 0) is 74.1 Å². The van der Waals surface area contributed by atoms with Crippen molar-refractivity contribution in [2.24, 2.45) is 0 Å². The number of nitrogens with one attached hydrogen (secondary N) is 1. The number of hydrogen-bond acceptors (Lipinski definition) is 2. The van der Waals surface area contributed by atoms with E-state index in [0.717, 1.165) is 16.5 Å². The molecule has 0 saturated heterocycles. The van der Waals surface area contributed by atoms with Gasteiger partial charge in [-0.1, -0.05) is 41.1 Å². The van der Waals surface area contributed by atoms with Gasteiger partial charge in [0.2, 0.25) is 5.91 Å². The SMILES string of the molecule is CC[C@H](NC(=O)CSc1c(C)c(C)cc(C)c1C)c1ccc(Br)cc1. The first-order valence-electron chi connectivity index (χ1n) is 8.58. The minimum Gasteiger partial charge on any atom is -0.349 e. The third-order valence-corrected chi connectivity index (χ3v) is 6.50. The van der Waals surface area contributed by atoms with Gasteiger partial charge in [0, 0.05) is 9.37 Å². The highest BCUT2D eigenvalue weighted by Crippen LogP contribution is 2.31. The van der Waals surface area contributed by atoms with Crippen LogP contribution >= 0.6 is 27.7 Å². The molecule has 25 heavy (non-hydrogen) atoms. The van der Waals surface area contributed by atoms with Crippen molar-refractivity contribution in [3.05, 3.63) is 62.6 Å². The van der Waals surface area contributed by atoms with Crippen LogP contribution in [0.1, 0.15) is 47.2 Å². The number of halogens is 1. The fourth-order valence-corrected chi connectivity index (χ4v) is 4.27. The number of rotatable bonds is 6. The van der Waals surface area contributed by atoms with Gasteiger partial charge in [-0.2, -0.15) is 0 Å². The van der Waals surface area contributed by atoms with Crippen LogP contribution in [0.15, 0.2) is 39.7 Å². The molecule has 1 amide bonds. The van der Waals surface area contributed by atoms with Crippen LogP contribution in [0.2, 0.25) is 0 Å². The molecule has 0 aliphatic carbocycles. The van der Waals surface area contributed by atoms with Gasteiger partial charge in [0.15, 0.2) is 0 Å². The van der Waals surface area contributed by atoms with Crippen molar-refractivity contribution in [1.29, 1.82) is 0 Å². The second-order valence-electron chi connectivity index (χ2n) is 6.46. The average Bonchev–Trinajstić information content (AvgIpc) is 2.59. The second kappa shape index (κ2) is 8.91. The smallest absolute Gasteiger partial charge is 0.230 e. The molecular weight excluding hydrogens is 394 g/mol. The maximum atomic E-state index is 12.5. The Morgan fingerprint density at radius 3 is 2.16 bits per heavy atom. The molecule has 2 rings (SSSR count). The van der Waals surface area contributed by atoms with Gasteiger partial charge in [-0.3, -0.25) is 4.79 Å². The van der Waals surface area contributed by atoms with Gasteiger partial charge >= 0.3 is 0 Å². The predicted molar refractivity (Wildman–Crippen MR) is 111 cm³/mol. The summed E-state index contributed by atoms with van der Waals surface area (Å²) >= 11 is 5.09. The molecule has 2 nitrogen and oxygen atoms in total. The van der Waals surface area contributed by atoms with Crippen molar-refractivity contribution in [3.63, 3.8) is 0 Å². The Balaban J connectivity index is 2.04. The molecule has 1 atom stereocenters. The molecule has 0 heterocycles. The zero-order valence-corrected chi connectivity index (χ0v) is 18.0. The number of aryl methyl sites for hydroxylation is 2. The van der Waals surface area contributed by atoms with E-state index < -0.39 is 0 Å². The number of amides is 1. The lowest BCUT2D eigenvalue weighted by molar-refractivity contribution is -0.119. The van der Waals surface area contributed by atoms with E-state index in [-0.39, 0.29) is 11.9 Å². The molecule has 2 aromatic rings. The van der Waals surface area contributed by atoms with E-state index in [4.69, 9.17) is 0 Å². The zero-order chi connectivity index (χ0) is 18.6. The van der Waals surface area contributed by atoms with Crippen LogP contribution in [0.3, 0.4) is 0 Å². The van der Waals surface area contributed by atoms with E-state index in [1.54, 1.807) is 11.8 Å². The van der Waals surface area contributed by atoms with Crippen molar-refractivity contribution in [2.75, 3.05) is 5.75 Å². The Morgan fingerprint density at radius 1 is 1.08 bits per heavy atom. The number of benzene rings is 2. The summed E-state index contributed by atoms with van der Waals surface area (Å²) < 4.78 is 1.05. The Kier molecular flexibility index (Phi) is 7.14. The molecule has 0 bridgehead atoms. The van der Waals surface area contributed by atoms with Crippen LogP contribution < -0.4 is 5.32 Å². The highest BCUT2D eigenvalue weighted by Gasteiger charge is 2.15. The monoisotopic (exact) mass is 419 g/mol. The lowest BCUT2D eigenvalue weighted by atomic mass is 10.0. The maximum absolute atomic E-state index is 12.5. The standard InChI is InChI=1S/C21H26BrNOS/c1-6-19(17-7-9-18(22)10-8-17)23-20(24)12-25-21-15(4)13(2)11-14(3)16(21)5/h7-11,19H,6,12H2,1-5H3,(H,23,24)/t19-/m0/s1. The minimum atomic E-state index is 0.0580. The summed E-state index contributed by atoms with van der Waals surface area (Å²) in [5.41, 5.74) is 6.27. The highest BCUT2D eigenvalue weighted by molar-refractivity contribution is 9.10. The van der Waals surface area contributed by atoms with Gasteiger partial charge < -0.3 is 5.32 Å². The molecule has 0 radical (unpaired) electrons. The lowest BCUT2D eigenvalue weighted by Crippen LogP contribution is -2.29. The van der Waals surface area contributed by atoms with Crippen molar-refractivity contribution in [2.45, 2.75) is 52.0 Å². The third-order valence-electron chi connectivity index (χ3n) is 4.66. The van der Waals surface area contributed by atoms with E-state index in [1.165, 1.54) is 27.1 Å². The first-order chi connectivity index (χ1) is 11.8. The van der Waals surface area contributed by atoms with Crippen LogP contribution in [-0.4, -0.2) is 11.7 Å². The Hall–Kier alpha value is -1.26. The van der Waals surface area contributed by atoms with Crippen molar-refractivity contribution in [3.8, 4) is 0 Å². The molecule has 0 spiro atoms. The van der Waals surface area contributed by atoms with Gasteiger partial charge in [0.1, 0.15) is 0 Å². The molecule has 0 unspecified atom stereocenters. The molecule has 4 heteroatoms. The second-order valence-corrected chi connectivity index (χ2v) is 8.36. The van der Waals surface area contributed by atoms with Crippen LogP contribution in [0, 0.1) is 27.7 Å². The molecule has 0 fully saturated rings. The normalized spacial score (nSPS) is 12.1. The fourth-order valence-electron chi connectivity index (χ4n) is 2.89. The molecule has 0 saturated carbocycles. The van der Waals surface area contributed by atoms with Crippen LogP contribution in [0.25, 0.3) is 0 Å². The summed E-state index contributed by atoms with van der Waals surface area (Å²) in [6.07, 6.45) is 0.875. The van der Waals surface area contributed by atoms with Gasteiger partial charge in [-0.15, -0.1) is 11.8 Å². The quantitative estimate of drug-likeness (QED) is 0.577. The lowest BCUT2D eigenvalue weighted by Gasteiger charge is -2.19. The summed E-state index contributed by atoms with van der Waals surface area (Å²) in [4.78, 5) is 13.7. The molecule has 0 aliphatic heterocycles. The minimum absolute atomic E-state index is 0.0580. The van der Waals surface area contributed by atoms with Crippen molar-refractivity contribution in [1.82, 2.24) is 5.32 Å². The predicted octanol–water partition coefficient (Wildman–Crippen LogP) is 6.04. The van der Waals surface area contributed by atoms with Crippen molar-refractivity contribution < 1.29 is 4.79 Å². The van der Waals surface area contributed by atoms with E-state index in [2.05, 4.69) is 74.1 Å². The summed E-state index contributed by atoms with van der Waals surface area (Å²) in [5, 5.41) is 3.17. The Bertz CT molecular complexity index is 729. The van der Waals surface area contributed by atoms with Gasteiger partial charge in [0.05, 0.1) is 11.8 Å². The summed E-state index contributed by atoms with van der Waals surface area (Å²) in [6.45, 7) is 10.6.